The van der Waals surface area contributed by atoms with Crippen molar-refractivity contribution < 1.29 is 8.42 Å². The third kappa shape index (κ3) is 8.02. The highest BCUT2D eigenvalue weighted by molar-refractivity contribution is 7.91. The lowest BCUT2D eigenvalue weighted by molar-refractivity contribution is 0.359. The third-order valence-corrected chi connectivity index (χ3v) is 5.62. The van der Waals surface area contributed by atoms with Gasteiger partial charge >= 0.3 is 0 Å². The van der Waals surface area contributed by atoms with E-state index in [0.29, 0.717) is 19.0 Å². The van der Waals surface area contributed by atoms with Crippen molar-refractivity contribution in [2.24, 2.45) is 10.4 Å². The number of nitrogens with one attached hydrogen (secondary N) is 2. The lowest BCUT2D eigenvalue weighted by atomic mass is 9.86. The molecule has 0 unspecified atom stereocenters. The summed E-state index contributed by atoms with van der Waals surface area (Å²) in [5, 5.41) is 7.05. The highest BCUT2D eigenvalue weighted by atomic mass is 35.5. The van der Waals surface area contributed by atoms with Crippen LogP contribution in [0.25, 0.3) is 0 Å². The van der Waals surface area contributed by atoms with Crippen molar-refractivity contribution in [1.82, 2.24) is 10.6 Å². The molecule has 24 heavy (non-hydrogen) atoms. The number of guanidine groups is 1. The largest absolute Gasteiger partial charge is 0.356 e. The van der Waals surface area contributed by atoms with Crippen molar-refractivity contribution in [2.75, 3.05) is 31.6 Å². The number of nitrogens with zero attached hydrogens (tertiary/aromatic N) is 1. The zero-order valence-electron chi connectivity index (χ0n) is 14.9. The molecule has 0 aliphatic rings. The Balaban J connectivity index is 2.49. The second-order valence-electron chi connectivity index (χ2n) is 6.56. The Labute approximate surface area is 150 Å². The van der Waals surface area contributed by atoms with E-state index < -0.39 is 9.84 Å². The SMILES string of the molecule is CCS(=O)(=O)CCNC(=NC)NCC(C)(C)Cc1cccc(Cl)c1. The Morgan fingerprint density at radius 1 is 1.29 bits per heavy atom. The van der Waals surface area contributed by atoms with Gasteiger partial charge in [0, 0.05) is 30.9 Å². The molecule has 0 radical (unpaired) electrons. The molecule has 7 heteroatoms. The fourth-order valence-corrected chi connectivity index (χ4v) is 3.19. The maximum Gasteiger partial charge on any atom is 0.191 e. The van der Waals surface area contributed by atoms with Gasteiger partial charge in [0.25, 0.3) is 0 Å². The molecule has 0 aliphatic heterocycles. The molecule has 0 saturated carbocycles. The van der Waals surface area contributed by atoms with Crippen LogP contribution in [0.5, 0.6) is 0 Å². The number of halogens is 1. The van der Waals surface area contributed by atoms with Gasteiger partial charge in [-0.25, -0.2) is 8.42 Å². The fourth-order valence-electron chi connectivity index (χ4n) is 2.27. The molecule has 0 saturated heterocycles. The quantitative estimate of drug-likeness (QED) is 0.542. The lowest BCUT2D eigenvalue weighted by Crippen LogP contribution is -2.44. The van der Waals surface area contributed by atoms with Gasteiger partial charge in [-0.2, -0.15) is 0 Å². The van der Waals surface area contributed by atoms with Crippen LogP contribution in [0.3, 0.4) is 0 Å². The summed E-state index contributed by atoms with van der Waals surface area (Å²) < 4.78 is 23.0. The van der Waals surface area contributed by atoms with Crippen LogP contribution in [0.1, 0.15) is 26.3 Å². The van der Waals surface area contributed by atoms with E-state index >= 15 is 0 Å². The van der Waals surface area contributed by atoms with Crippen LogP contribution >= 0.6 is 11.6 Å². The number of hydrogen-bond donors (Lipinski definition) is 2. The highest BCUT2D eigenvalue weighted by Crippen LogP contribution is 2.22. The summed E-state index contributed by atoms with van der Waals surface area (Å²) in [6, 6.07) is 7.87. The van der Waals surface area contributed by atoms with E-state index in [0.717, 1.165) is 11.4 Å². The van der Waals surface area contributed by atoms with Gasteiger partial charge in [0.2, 0.25) is 0 Å². The lowest BCUT2D eigenvalue weighted by Gasteiger charge is -2.26. The van der Waals surface area contributed by atoms with Crippen LogP contribution in [0.2, 0.25) is 5.02 Å². The van der Waals surface area contributed by atoms with Crippen LogP contribution in [0.15, 0.2) is 29.3 Å². The maximum atomic E-state index is 11.5. The number of rotatable bonds is 8. The zero-order chi connectivity index (χ0) is 18.2. The Bertz CT molecular complexity index is 658. The molecule has 1 rings (SSSR count). The molecule has 0 fully saturated rings. The van der Waals surface area contributed by atoms with Gasteiger partial charge in [0.1, 0.15) is 0 Å². The number of aliphatic imine (C=N–C) groups is 1. The Morgan fingerprint density at radius 2 is 2.00 bits per heavy atom. The molecule has 2 N–H and O–H groups in total. The van der Waals surface area contributed by atoms with E-state index in [-0.39, 0.29) is 16.9 Å². The van der Waals surface area contributed by atoms with Crippen LogP contribution in [0, 0.1) is 5.41 Å². The average molecular weight is 374 g/mol. The molecular weight excluding hydrogens is 346 g/mol. The summed E-state index contributed by atoms with van der Waals surface area (Å²) in [5.41, 5.74) is 1.18. The van der Waals surface area contributed by atoms with E-state index in [1.165, 1.54) is 5.56 Å². The molecule has 0 aromatic heterocycles. The molecule has 1 aromatic rings. The van der Waals surface area contributed by atoms with Crippen LogP contribution in [-0.4, -0.2) is 46.0 Å². The Kier molecular flexibility index (Phi) is 8.03. The molecule has 136 valence electrons. The van der Waals surface area contributed by atoms with Gasteiger partial charge in [-0.15, -0.1) is 0 Å². The normalized spacial score (nSPS) is 13.0. The molecule has 0 heterocycles. The molecule has 1 aromatic carbocycles. The van der Waals surface area contributed by atoms with Crippen molar-refractivity contribution >= 4 is 27.4 Å². The minimum absolute atomic E-state index is 0.00219. The van der Waals surface area contributed by atoms with Crippen LogP contribution < -0.4 is 10.6 Å². The van der Waals surface area contributed by atoms with Gasteiger partial charge in [0.05, 0.1) is 5.75 Å². The molecule has 0 bridgehead atoms. The topological polar surface area (TPSA) is 70.6 Å². The molecule has 0 amide bonds. The van der Waals surface area contributed by atoms with Gasteiger partial charge in [0.15, 0.2) is 15.8 Å². The summed E-state index contributed by atoms with van der Waals surface area (Å²) in [5.74, 6) is 0.879. The molecule has 0 aliphatic carbocycles. The van der Waals surface area contributed by atoms with Gasteiger partial charge in [-0.1, -0.05) is 44.5 Å². The van der Waals surface area contributed by atoms with Crippen LogP contribution in [0.4, 0.5) is 0 Å². The minimum Gasteiger partial charge on any atom is -0.356 e. The summed E-state index contributed by atoms with van der Waals surface area (Å²) in [4.78, 5) is 4.14. The molecule has 5 nitrogen and oxygen atoms in total. The van der Waals surface area contributed by atoms with Gasteiger partial charge in [-0.3, -0.25) is 4.99 Å². The van der Waals surface area contributed by atoms with Crippen molar-refractivity contribution in [3.8, 4) is 0 Å². The van der Waals surface area contributed by atoms with Crippen molar-refractivity contribution in [3.05, 3.63) is 34.9 Å². The molecule has 0 spiro atoms. The van der Waals surface area contributed by atoms with E-state index in [1.54, 1.807) is 14.0 Å². The van der Waals surface area contributed by atoms with Gasteiger partial charge in [-0.05, 0) is 29.5 Å². The minimum atomic E-state index is -2.97. The predicted molar refractivity (Wildman–Crippen MR) is 103 cm³/mol. The van der Waals surface area contributed by atoms with Gasteiger partial charge < -0.3 is 10.6 Å². The van der Waals surface area contributed by atoms with E-state index in [1.807, 2.05) is 18.2 Å². The van der Waals surface area contributed by atoms with Crippen molar-refractivity contribution in [1.29, 1.82) is 0 Å². The second-order valence-corrected chi connectivity index (χ2v) is 9.47. The summed E-state index contributed by atoms with van der Waals surface area (Å²) in [6.07, 6.45) is 0.877. The smallest absolute Gasteiger partial charge is 0.191 e. The first kappa shape index (κ1) is 20.8. The molecule has 0 atom stereocenters. The second kappa shape index (κ2) is 9.28. The number of sulfone groups is 1. The van der Waals surface area contributed by atoms with E-state index in [4.69, 9.17) is 11.6 Å². The first-order valence-corrected chi connectivity index (χ1v) is 10.3. The summed E-state index contributed by atoms with van der Waals surface area (Å²) >= 11 is 6.04. The van der Waals surface area contributed by atoms with Crippen molar-refractivity contribution in [2.45, 2.75) is 27.2 Å². The monoisotopic (exact) mass is 373 g/mol. The van der Waals surface area contributed by atoms with Crippen LogP contribution in [-0.2, 0) is 16.3 Å². The zero-order valence-corrected chi connectivity index (χ0v) is 16.5. The summed E-state index contributed by atoms with van der Waals surface area (Å²) in [6.45, 7) is 7.04. The Morgan fingerprint density at radius 3 is 2.58 bits per heavy atom. The third-order valence-electron chi connectivity index (χ3n) is 3.68. The predicted octanol–water partition coefficient (Wildman–Crippen LogP) is 2.51. The van der Waals surface area contributed by atoms with E-state index in [9.17, 15) is 8.42 Å². The van der Waals surface area contributed by atoms with E-state index in [2.05, 4.69) is 35.5 Å². The molecular formula is C17H28ClN3O2S. The number of hydrogen-bond acceptors (Lipinski definition) is 3. The first-order chi connectivity index (χ1) is 11.2. The average Bonchev–Trinajstić information content (AvgIpc) is 2.50. The fraction of sp³-hybridized carbons (Fsp3) is 0.588. The highest BCUT2D eigenvalue weighted by Gasteiger charge is 2.19. The maximum absolute atomic E-state index is 11.5. The summed E-state index contributed by atoms with van der Waals surface area (Å²) in [7, 11) is -1.30. The first-order valence-electron chi connectivity index (χ1n) is 8.07. The Hall–Kier alpha value is -1.27. The standard InChI is InChI=1S/C17H28ClN3O2S/c1-5-24(22,23)10-9-20-16(19-4)21-13-17(2,3)12-14-7-6-8-15(18)11-14/h6-8,11H,5,9-10,12-13H2,1-4H3,(H2,19,20,21). The van der Waals surface area contributed by atoms with Crippen molar-refractivity contribution in [3.63, 3.8) is 0 Å². The number of benzene rings is 1.